The molecular formula is C13H16N2O3S. The first kappa shape index (κ1) is 13.8. The quantitative estimate of drug-likeness (QED) is 0.760. The van der Waals surface area contributed by atoms with E-state index in [1.807, 2.05) is 29.5 Å². The number of nitrogens with zero attached hydrogens (tertiary/aromatic N) is 2. The molecule has 0 radical (unpaired) electrons. The summed E-state index contributed by atoms with van der Waals surface area (Å²) >= 11 is 1.55. The number of hydrogen-bond donors (Lipinski definition) is 0. The van der Waals surface area contributed by atoms with Crippen LogP contribution in [0.15, 0.2) is 28.2 Å². The summed E-state index contributed by atoms with van der Waals surface area (Å²) in [6.45, 7) is 1.36. The summed E-state index contributed by atoms with van der Waals surface area (Å²) in [7, 11) is 3.35. The summed E-state index contributed by atoms with van der Waals surface area (Å²) in [4.78, 5) is 17.6. The second-order valence-electron chi connectivity index (χ2n) is 4.19. The average Bonchev–Trinajstić information content (AvgIpc) is 3.06. The van der Waals surface area contributed by atoms with Crippen LogP contribution in [0, 0.1) is 0 Å². The summed E-state index contributed by atoms with van der Waals surface area (Å²) in [6.07, 6.45) is 2.03. The number of ether oxygens (including phenoxy) is 1. The maximum atomic E-state index is 11.1. The third kappa shape index (κ3) is 3.90. The first-order chi connectivity index (χ1) is 9.19. The zero-order chi connectivity index (χ0) is 13.7. The Balaban J connectivity index is 1.88. The summed E-state index contributed by atoms with van der Waals surface area (Å²) < 4.78 is 9.92. The lowest BCUT2D eigenvalue weighted by molar-refractivity contribution is -0.140. The lowest BCUT2D eigenvalue weighted by Gasteiger charge is -2.13. The predicted molar refractivity (Wildman–Crippen MR) is 72.8 cm³/mol. The van der Waals surface area contributed by atoms with Gasteiger partial charge in [0.05, 0.1) is 25.5 Å². The van der Waals surface area contributed by atoms with Crippen LogP contribution in [0.3, 0.4) is 0 Å². The highest BCUT2D eigenvalue weighted by molar-refractivity contribution is 7.13. The van der Waals surface area contributed by atoms with Crippen molar-refractivity contribution in [2.45, 2.75) is 13.0 Å². The highest BCUT2D eigenvalue weighted by atomic mass is 32.1. The molecule has 19 heavy (non-hydrogen) atoms. The Kier molecular flexibility index (Phi) is 4.70. The first-order valence-electron chi connectivity index (χ1n) is 5.92. The molecule has 2 aromatic rings. The average molecular weight is 280 g/mol. The lowest BCUT2D eigenvalue weighted by atomic mass is 10.3. The molecule has 0 aliphatic rings. The van der Waals surface area contributed by atoms with Crippen LogP contribution in [0.2, 0.25) is 0 Å². The molecule has 0 aliphatic carbocycles. The zero-order valence-corrected chi connectivity index (χ0v) is 11.8. The molecule has 0 bridgehead atoms. The standard InChI is InChI=1S/C13H16N2O3S/c1-15(6-5-12(16)17-2)8-10-9-19-13(14-10)11-4-3-7-18-11/h3-4,7,9H,5-6,8H2,1-2H3. The number of carbonyl (C=O) groups is 1. The maximum Gasteiger partial charge on any atom is 0.306 e. The summed E-state index contributed by atoms with van der Waals surface area (Å²) in [6, 6.07) is 3.74. The molecule has 0 unspecified atom stereocenters. The van der Waals surface area contributed by atoms with E-state index in [9.17, 15) is 4.79 Å². The van der Waals surface area contributed by atoms with E-state index < -0.39 is 0 Å². The minimum atomic E-state index is -0.193. The predicted octanol–water partition coefficient (Wildman–Crippen LogP) is 2.40. The molecule has 0 fully saturated rings. The Morgan fingerprint density at radius 3 is 3.11 bits per heavy atom. The van der Waals surface area contributed by atoms with Gasteiger partial charge in [-0.3, -0.25) is 9.69 Å². The third-order valence-corrected chi connectivity index (χ3v) is 3.55. The summed E-state index contributed by atoms with van der Waals surface area (Å²) in [5.74, 6) is 0.592. The minimum absolute atomic E-state index is 0.193. The molecule has 0 aromatic carbocycles. The molecule has 2 rings (SSSR count). The van der Waals surface area contributed by atoms with E-state index in [2.05, 4.69) is 9.72 Å². The Morgan fingerprint density at radius 1 is 1.58 bits per heavy atom. The van der Waals surface area contributed by atoms with Crippen molar-refractivity contribution >= 4 is 17.3 Å². The number of carbonyl (C=O) groups excluding carboxylic acids is 1. The number of methoxy groups -OCH3 is 1. The van der Waals surface area contributed by atoms with E-state index >= 15 is 0 Å². The van der Waals surface area contributed by atoms with E-state index in [1.165, 1.54) is 7.11 Å². The van der Waals surface area contributed by atoms with E-state index in [4.69, 9.17) is 4.42 Å². The molecule has 0 spiro atoms. The van der Waals surface area contributed by atoms with Gasteiger partial charge in [-0.2, -0.15) is 0 Å². The van der Waals surface area contributed by atoms with Crippen molar-refractivity contribution in [2.75, 3.05) is 20.7 Å². The van der Waals surface area contributed by atoms with Crippen LogP contribution in [0.5, 0.6) is 0 Å². The van der Waals surface area contributed by atoms with Crippen molar-refractivity contribution in [1.82, 2.24) is 9.88 Å². The number of furan rings is 1. The molecule has 0 saturated carbocycles. The topological polar surface area (TPSA) is 55.6 Å². The van der Waals surface area contributed by atoms with Gasteiger partial charge in [0.25, 0.3) is 0 Å². The monoisotopic (exact) mass is 280 g/mol. The van der Waals surface area contributed by atoms with E-state index in [1.54, 1.807) is 17.6 Å². The smallest absolute Gasteiger partial charge is 0.306 e. The van der Waals surface area contributed by atoms with Crippen molar-refractivity contribution < 1.29 is 13.9 Å². The Morgan fingerprint density at radius 2 is 2.42 bits per heavy atom. The van der Waals surface area contributed by atoms with Crippen molar-refractivity contribution in [2.24, 2.45) is 0 Å². The van der Waals surface area contributed by atoms with Gasteiger partial charge in [-0.15, -0.1) is 11.3 Å². The van der Waals surface area contributed by atoms with Gasteiger partial charge in [-0.05, 0) is 19.2 Å². The van der Waals surface area contributed by atoms with Crippen LogP contribution in [-0.2, 0) is 16.1 Å². The van der Waals surface area contributed by atoms with Crippen molar-refractivity contribution in [3.05, 3.63) is 29.5 Å². The minimum Gasteiger partial charge on any atom is -0.469 e. The summed E-state index contributed by atoms with van der Waals surface area (Å²) in [5.41, 5.74) is 0.976. The zero-order valence-electron chi connectivity index (χ0n) is 11.0. The van der Waals surface area contributed by atoms with Crippen LogP contribution in [0.4, 0.5) is 0 Å². The fraction of sp³-hybridized carbons (Fsp3) is 0.385. The van der Waals surface area contributed by atoms with Crippen LogP contribution in [0.25, 0.3) is 10.8 Å². The SMILES string of the molecule is COC(=O)CCN(C)Cc1csc(-c2ccco2)n1. The fourth-order valence-corrected chi connectivity index (χ4v) is 2.41. The highest BCUT2D eigenvalue weighted by Gasteiger charge is 2.10. The molecule has 0 aliphatic heterocycles. The number of hydrogen-bond acceptors (Lipinski definition) is 6. The summed E-state index contributed by atoms with van der Waals surface area (Å²) in [5, 5.41) is 2.88. The van der Waals surface area contributed by atoms with E-state index in [-0.39, 0.29) is 5.97 Å². The molecule has 6 heteroatoms. The number of esters is 1. The molecule has 0 atom stereocenters. The van der Waals surface area contributed by atoms with Crippen LogP contribution in [-0.4, -0.2) is 36.6 Å². The molecule has 2 aromatic heterocycles. The molecule has 2 heterocycles. The Hall–Kier alpha value is -1.66. The molecule has 0 saturated heterocycles. The van der Waals surface area contributed by atoms with Crippen molar-refractivity contribution in [3.8, 4) is 10.8 Å². The van der Waals surface area contributed by atoms with Gasteiger partial charge < -0.3 is 9.15 Å². The van der Waals surface area contributed by atoms with Crippen LogP contribution in [0.1, 0.15) is 12.1 Å². The van der Waals surface area contributed by atoms with Gasteiger partial charge >= 0.3 is 5.97 Å². The van der Waals surface area contributed by atoms with Gasteiger partial charge in [0.2, 0.25) is 0 Å². The second-order valence-corrected chi connectivity index (χ2v) is 5.04. The highest BCUT2D eigenvalue weighted by Crippen LogP contribution is 2.24. The molecule has 0 amide bonds. The fourth-order valence-electron chi connectivity index (χ4n) is 1.63. The van der Waals surface area contributed by atoms with Gasteiger partial charge in [-0.1, -0.05) is 0 Å². The molecule has 5 nitrogen and oxygen atoms in total. The van der Waals surface area contributed by atoms with Crippen LogP contribution < -0.4 is 0 Å². The first-order valence-corrected chi connectivity index (χ1v) is 6.80. The lowest BCUT2D eigenvalue weighted by Crippen LogP contribution is -2.22. The largest absolute Gasteiger partial charge is 0.469 e. The van der Waals surface area contributed by atoms with E-state index in [0.29, 0.717) is 19.5 Å². The number of aromatic nitrogens is 1. The van der Waals surface area contributed by atoms with Gasteiger partial charge in [0, 0.05) is 18.5 Å². The Labute approximate surface area is 115 Å². The van der Waals surface area contributed by atoms with Crippen LogP contribution >= 0.6 is 11.3 Å². The van der Waals surface area contributed by atoms with Gasteiger partial charge in [0.15, 0.2) is 10.8 Å². The molecular weight excluding hydrogens is 264 g/mol. The van der Waals surface area contributed by atoms with Crippen molar-refractivity contribution in [1.29, 1.82) is 0 Å². The van der Waals surface area contributed by atoms with Gasteiger partial charge in [-0.25, -0.2) is 4.98 Å². The normalized spacial score (nSPS) is 10.9. The number of thiazole rings is 1. The Bertz CT molecular complexity index is 522. The molecule has 0 N–H and O–H groups in total. The van der Waals surface area contributed by atoms with Gasteiger partial charge in [0.1, 0.15) is 0 Å². The third-order valence-electron chi connectivity index (χ3n) is 2.64. The second kappa shape index (κ2) is 6.49. The van der Waals surface area contributed by atoms with Crippen molar-refractivity contribution in [3.63, 3.8) is 0 Å². The van der Waals surface area contributed by atoms with E-state index in [0.717, 1.165) is 16.5 Å². The number of rotatable bonds is 6. The molecule has 102 valence electrons. The maximum absolute atomic E-state index is 11.1.